The van der Waals surface area contributed by atoms with Crippen LogP contribution < -0.4 is 4.90 Å². The van der Waals surface area contributed by atoms with Gasteiger partial charge in [-0.25, -0.2) is 0 Å². The predicted octanol–water partition coefficient (Wildman–Crippen LogP) is 15.1. The monoisotopic (exact) mass is 703 g/mol. The van der Waals surface area contributed by atoms with E-state index in [0.29, 0.717) is 0 Å². The van der Waals surface area contributed by atoms with E-state index in [1.807, 2.05) is 12.1 Å². The second kappa shape index (κ2) is 12.6. The van der Waals surface area contributed by atoms with Gasteiger partial charge >= 0.3 is 0 Å². The van der Waals surface area contributed by atoms with Crippen molar-refractivity contribution in [2.75, 3.05) is 4.90 Å². The van der Waals surface area contributed by atoms with Gasteiger partial charge in [0.15, 0.2) is 0 Å². The molecule has 0 aliphatic rings. The van der Waals surface area contributed by atoms with Gasteiger partial charge in [0, 0.05) is 50.1 Å². The average molecular weight is 704 g/mol. The van der Waals surface area contributed by atoms with Crippen LogP contribution >= 0.6 is 0 Å². The fourth-order valence-electron chi connectivity index (χ4n) is 8.17. The lowest BCUT2D eigenvalue weighted by Crippen LogP contribution is -2.09. The molecular weight excluding hydrogens is 671 g/mol. The number of nitrogens with zero attached hydrogens (tertiary/aromatic N) is 1. The van der Waals surface area contributed by atoms with E-state index >= 15 is 0 Å². The smallest absolute Gasteiger partial charge is 0.143 e. The van der Waals surface area contributed by atoms with E-state index in [9.17, 15) is 0 Å². The van der Waals surface area contributed by atoms with Crippen LogP contribution in [0.5, 0.6) is 0 Å². The van der Waals surface area contributed by atoms with Gasteiger partial charge in [0.05, 0.1) is 0 Å². The predicted molar refractivity (Wildman–Crippen MR) is 229 cm³/mol. The number of benzene rings is 9. The van der Waals surface area contributed by atoms with E-state index in [2.05, 4.69) is 193 Å². The standard InChI is InChI=1S/C52H33NO2/c1-3-11-34(12-4-1)35-19-24-39(25-20-35)53(41-28-29-44-43-16-9-10-18-49(43)54-51(44)32-41)40-26-21-36(22-27-40)38-23-30-50-47(31-38)48-33-46(37-13-5-2-6-14-37)42-15-7-8-17-45(42)52(48)55-50/h1-33H. The van der Waals surface area contributed by atoms with Gasteiger partial charge in [0.25, 0.3) is 0 Å². The van der Waals surface area contributed by atoms with Crippen LogP contribution in [0, 0.1) is 0 Å². The Hall–Kier alpha value is -7.36. The Morgan fingerprint density at radius 1 is 0.273 bits per heavy atom. The SMILES string of the molecule is c1ccc(-c2ccc(N(c3ccc(-c4ccc5oc6c7ccccc7c(-c7ccccc7)cc6c5c4)cc3)c3ccc4c(c3)oc3ccccc34)cc2)cc1. The van der Waals surface area contributed by atoms with Crippen LogP contribution in [-0.2, 0) is 0 Å². The fraction of sp³-hybridized carbons (Fsp3) is 0. The highest BCUT2D eigenvalue weighted by Crippen LogP contribution is 2.42. The Kier molecular flexibility index (Phi) is 7.17. The summed E-state index contributed by atoms with van der Waals surface area (Å²) in [5.74, 6) is 0. The molecule has 11 rings (SSSR count). The molecule has 0 saturated carbocycles. The van der Waals surface area contributed by atoms with Crippen LogP contribution in [-0.4, -0.2) is 0 Å². The molecule has 0 bridgehead atoms. The topological polar surface area (TPSA) is 29.5 Å². The molecule has 0 aliphatic heterocycles. The van der Waals surface area contributed by atoms with Crippen molar-refractivity contribution in [2.24, 2.45) is 0 Å². The second-order valence-corrected chi connectivity index (χ2v) is 14.1. The summed E-state index contributed by atoms with van der Waals surface area (Å²) in [6.07, 6.45) is 0. The van der Waals surface area contributed by atoms with Crippen LogP contribution in [0.1, 0.15) is 0 Å². The zero-order chi connectivity index (χ0) is 36.3. The number of hydrogen-bond donors (Lipinski definition) is 0. The highest BCUT2D eigenvalue weighted by molar-refractivity contribution is 6.19. The molecule has 0 spiro atoms. The van der Waals surface area contributed by atoms with Gasteiger partial charge in [0.1, 0.15) is 22.3 Å². The maximum Gasteiger partial charge on any atom is 0.143 e. The molecule has 258 valence electrons. The van der Waals surface area contributed by atoms with Crippen LogP contribution in [0.25, 0.3) is 88.0 Å². The van der Waals surface area contributed by atoms with E-state index in [-0.39, 0.29) is 0 Å². The third-order valence-electron chi connectivity index (χ3n) is 10.9. The molecule has 0 unspecified atom stereocenters. The molecule has 0 amide bonds. The highest BCUT2D eigenvalue weighted by Gasteiger charge is 2.18. The Bertz CT molecular complexity index is 3180. The minimum Gasteiger partial charge on any atom is -0.456 e. The van der Waals surface area contributed by atoms with Crippen molar-refractivity contribution in [3.05, 3.63) is 200 Å². The minimum absolute atomic E-state index is 0.866. The molecule has 0 N–H and O–H groups in total. The molecule has 55 heavy (non-hydrogen) atoms. The van der Waals surface area contributed by atoms with Gasteiger partial charge in [0.2, 0.25) is 0 Å². The molecule has 0 fully saturated rings. The molecule has 0 radical (unpaired) electrons. The largest absolute Gasteiger partial charge is 0.456 e. The van der Waals surface area contributed by atoms with Crippen LogP contribution in [0.4, 0.5) is 17.1 Å². The number of furan rings is 2. The lowest BCUT2D eigenvalue weighted by Gasteiger charge is -2.26. The molecule has 9 aromatic carbocycles. The van der Waals surface area contributed by atoms with Crippen LogP contribution in [0.15, 0.2) is 209 Å². The maximum atomic E-state index is 6.57. The first-order chi connectivity index (χ1) is 27.2. The van der Waals surface area contributed by atoms with E-state index in [4.69, 9.17) is 8.83 Å². The lowest BCUT2D eigenvalue weighted by molar-refractivity contribution is 0.669. The summed E-state index contributed by atoms with van der Waals surface area (Å²) in [6.45, 7) is 0. The van der Waals surface area contributed by atoms with Gasteiger partial charge in [-0.2, -0.15) is 0 Å². The van der Waals surface area contributed by atoms with Crippen LogP contribution in [0.3, 0.4) is 0 Å². The molecule has 0 aliphatic carbocycles. The summed E-state index contributed by atoms with van der Waals surface area (Å²) >= 11 is 0. The van der Waals surface area contributed by atoms with Gasteiger partial charge in [-0.3, -0.25) is 0 Å². The number of hydrogen-bond acceptors (Lipinski definition) is 3. The Morgan fingerprint density at radius 3 is 1.53 bits per heavy atom. The number of anilines is 3. The quantitative estimate of drug-likeness (QED) is 0.173. The van der Waals surface area contributed by atoms with Gasteiger partial charge in [-0.05, 0) is 99.4 Å². The fourth-order valence-corrected chi connectivity index (χ4v) is 8.17. The van der Waals surface area contributed by atoms with E-state index in [1.54, 1.807) is 0 Å². The second-order valence-electron chi connectivity index (χ2n) is 14.1. The van der Waals surface area contributed by atoms with Crippen molar-refractivity contribution >= 4 is 71.7 Å². The van der Waals surface area contributed by atoms with E-state index in [0.717, 1.165) is 77.5 Å². The third-order valence-corrected chi connectivity index (χ3v) is 10.9. The Labute approximate surface area is 317 Å². The van der Waals surface area contributed by atoms with Crippen molar-refractivity contribution in [1.82, 2.24) is 0 Å². The van der Waals surface area contributed by atoms with E-state index < -0.39 is 0 Å². The zero-order valence-electron chi connectivity index (χ0n) is 29.8. The number of para-hydroxylation sites is 1. The summed E-state index contributed by atoms with van der Waals surface area (Å²) in [5, 5.41) is 6.78. The number of fused-ring (bicyclic) bond motifs is 8. The first-order valence-corrected chi connectivity index (χ1v) is 18.7. The van der Waals surface area contributed by atoms with Gasteiger partial charge in [-0.1, -0.05) is 133 Å². The van der Waals surface area contributed by atoms with Crippen molar-refractivity contribution < 1.29 is 8.83 Å². The van der Waals surface area contributed by atoms with E-state index in [1.165, 1.54) is 27.6 Å². The summed E-state index contributed by atoms with van der Waals surface area (Å²) in [6, 6.07) is 70.9. The molecule has 3 heteroatoms. The molecule has 11 aromatic rings. The first-order valence-electron chi connectivity index (χ1n) is 18.7. The van der Waals surface area contributed by atoms with Crippen LogP contribution in [0.2, 0.25) is 0 Å². The summed E-state index contributed by atoms with van der Waals surface area (Å²) in [4.78, 5) is 2.30. The molecule has 0 atom stereocenters. The summed E-state index contributed by atoms with van der Waals surface area (Å²) in [5.41, 5.74) is 13.8. The van der Waals surface area contributed by atoms with Crippen molar-refractivity contribution in [3.63, 3.8) is 0 Å². The highest BCUT2D eigenvalue weighted by atomic mass is 16.3. The minimum atomic E-state index is 0.866. The Morgan fingerprint density at radius 2 is 0.800 bits per heavy atom. The molecule has 3 nitrogen and oxygen atoms in total. The molecular formula is C52H33NO2. The van der Waals surface area contributed by atoms with Gasteiger partial charge in [-0.15, -0.1) is 0 Å². The summed E-state index contributed by atoms with van der Waals surface area (Å²) < 4.78 is 12.9. The Balaban J connectivity index is 1.01. The zero-order valence-corrected chi connectivity index (χ0v) is 29.8. The van der Waals surface area contributed by atoms with Crippen molar-refractivity contribution in [1.29, 1.82) is 0 Å². The molecule has 2 aromatic heterocycles. The van der Waals surface area contributed by atoms with Crippen molar-refractivity contribution in [3.8, 4) is 33.4 Å². The van der Waals surface area contributed by atoms with Gasteiger partial charge < -0.3 is 13.7 Å². The van der Waals surface area contributed by atoms with Crippen molar-refractivity contribution in [2.45, 2.75) is 0 Å². The third kappa shape index (κ3) is 5.28. The normalized spacial score (nSPS) is 11.6. The first kappa shape index (κ1) is 31.2. The maximum absolute atomic E-state index is 6.57. The number of rotatable bonds is 6. The summed E-state index contributed by atoms with van der Waals surface area (Å²) in [7, 11) is 0. The molecule has 0 saturated heterocycles. The average Bonchev–Trinajstić information content (AvgIpc) is 3.82. The molecule has 2 heterocycles. The lowest BCUT2D eigenvalue weighted by atomic mass is 9.95.